The predicted molar refractivity (Wildman–Crippen MR) is 99.6 cm³/mol. The third-order valence-electron chi connectivity index (χ3n) is 5.82. The van der Waals surface area contributed by atoms with Crippen molar-refractivity contribution in [3.8, 4) is 0 Å². The molecule has 0 radical (unpaired) electrons. The highest BCUT2D eigenvalue weighted by atomic mass is 32.3. The predicted octanol–water partition coefficient (Wildman–Crippen LogP) is -1.31. The van der Waals surface area contributed by atoms with Crippen LogP contribution in [0, 0.1) is 5.92 Å². The Balaban J connectivity index is 1.40. The number of fused-ring (bicyclic) bond motifs is 2. The highest BCUT2D eigenvalue weighted by Gasteiger charge is 2.58. The van der Waals surface area contributed by atoms with Gasteiger partial charge in [0.05, 0.1) is 19.0 Å². The smallest absolute Gasteiger partial charge is 0.365 e. The second kappa shape index (κ2) is 7.77. The standard InChI is InChI=1S/C16H24N6O7S/c17-14(23)16(2-1-13-8-21(16)15(24)22(13)29-30(25,26)27)28-9-12-5-11(6-19-12)7-20-4-3-18-10-20/h3-4,10-13,19H,1-2,5-9H2,(H2,17,23)(H,25,26,27)/t11-,12+,13?,16?/m0/s1. The van der Waals surface area contributed by atoms with Gasteiger partial charge in [0.25, 0.3) is 5.91 Å². The number of hydrogen-bond acceptors (Lipinski definition) is 8. The van der Waals surface area contributed by atoms with E-state index in [0.29, 0.717) is 11.0 Å². The molecule has 0 aromatic carbocycles. The lowest BCUT2D eigenvalue weighted by Gasteiger charge is -2.40. The molecule has 4 heterocycles. The van der Waals surface area contributed by atoms with Crippen LogP contribution >= 0.6 is 0 Å². The fraction of sp³-hybridized carbons (Fsp3) is 0.688. The van der Waals surface area contributed by atoms with Crippen LogP contribution in [-0.2, 0) is 30.8 Å². The monoisotopic (exact) mass is 444 g/mol. The zero-order chi connectivity index (χ0) is 21.5. The topological polar surface area (TPSA) is 169 Å². The summed E-state index contributed by atoms with van der Waals surface area (Å²) in [5.41, 5.74) is 3.91. The van der Waals surface area contributed by atoms with Crippen molar-refractivity contribution in [2.24, 2.45) is 11.7 Å². The second-order valence-corrected chi connectivity index (χ2v) is 8.84. The molecule has 3 aliphatic heterocycles. The van der Waals surface area contributed by atoms with Crippen molar-refractivity contribution in [2.45, 2.75) is 43.6 Å². The number of nitrogens with two attached hydrogens (primary N) is 1. The van der Waals surface area contributed by atoms with Gasteiger partial charge in [0.1, 0.15) is 0 Å². The van der Waals surface area contributed by atoms with Crippen LogP contribution in [0.25, 0.3) is 0 Å². The van der Waals surface area contributed by atoms with Gasteiger partial charge in [-0.15, -0.1) is 4.28 Å². The molecule has 13 nitrogen and oxygen atoms in total. The molecule has 0 spiro atoms. The Labute approximate surface area is 173 Å². The zero-order valence-corrected chi connectivity index (χ0v) is 16.9. The summed E-state index contributed by atoms with van der Waals surface area (Å²) in [6.45, 7) is 1.73. The molecule has 2 unspecified atom stereocenters. The Kier molecular flexibility index (Phi) is 5.44. The van der Waals surface area contributed by atoms with Crippen LogP contribution in [0.4, 0.5) is 4.79 Å². The van der Waals surface area contributed by atoms with Crippen LogP contribution in [0.1, 0.15) is 19.3 Å². The Hall–Kier alpha value is -2.26. The van der Waals surface area contributed by atoms with E-state index in [1.54, 1.807) is 12.5 Å². The lowest BCUT2D eigenvalue weighted by Crippen LogP contribution is -2.62. The van der Waals surface area contributed by atoms with Crippen molar-refractivity contribution < 1.29 is 31.6 Å². The van der Waals surface area contributed by atoms with E-state index in [9.17, 15) is 18.0 Å². The Morgan fingerprint density at radius 3 is 2.93 bits per heavy atom. The zero-order valence-electron chi connectivity index (χ0n) is 16.1. The number of nitrogens with zero attached hydrogens (tertiary/aromatic N) is 4. The third-order valence-corrected chi connectivity index (χ3v) is 6.17. The number of ether oxygens (including phenoxy) is 1. The molecule has 14 heteroatoms. The fourth-order valence-corrected chi connectivity index (χ4v) is 4.81. The summed E-state index contributed by atoms with van der Waals surface area (Å²) < 4.78 is 43.3. The molecule has 1 aromatic rings. The number of primary amides is 1. The molecule has 30 heavy (non-hydrogen) atoms. The van der Waals surface area contributed by atoms with E-state index in [0.717, 1.165) is 24.4 Å². The number of amides is 3. The van der Waals surface area contributed by atoms with E-state index in [1.807, 2.05) is 10.8 Å². The Morgan fingerprint density at radius 1 is 1.47 bits per heavy atom. The van der Waals surface area contributed by atoms with Crippen molar-refractivity contribution in [3.05, 3.63) is 18.7 Å². The number of carbonyl (C=O) groups excluding carboxylic acids is 2. The average molecular weight is 444 g/mol. The van der Waals surface area contributed by atoms with E-state index in [2.05, 4.69) is 14.6 Å². The van der Waals surface area contributed by atoms with E-state index in [-0.39, 0.29) is 32.0 Å². The molecule has 3 fully saturated rings. The molecule has 1 aromatic heterocycles. The normalized spacial score (nSPS) is 31.5. The third kappa shape index (κ3) is 4.00. The molecule has 4 rings (SSSR count). The minimum Gasteiger partial charge on any atom is -0.365 e. The van der Waals surface area contributed by atoms with Crippen LogP contribution in [0.5, 0.6) is 0 Å². The molecular formula is C16H24N6O7S. The SMILES string of the molecule is NC(=O)C1(OC[C@H]2C[C@H](Cn3ccnc3)CN2)CCC2CN1C(=O)N2OS(=O)(=O)O. The largest absolute Gasteiger partial charge is 0.418 e. The quantitative estimate of drug-likeness (QED) is 0.412. The maximum Gasteiger partial charge on any atom is 0.418 e. The first kappa shape index (κ1) is 21.0. The molecule has 3 aliphatic rings. The van der Waals surface area contributed by atoms with Gasteiger partial charge in [-0.2, -0.15) is 13.5 Å². The summed E-state index contributed by atoms with van der Waals surface area (Å²) in [5.74, 6) is -0.476. The highest BCUT2D eigenvalue weighted by molar-refractivity contribution is 7.80. The molecular weight excluding hydrogens is 420 g/mol. The van der Waals surface area contributed by atoms with Gasteiger partial charge in [0.15, 0.2) is 0 Å². The highest BCUT2D eigenvalue weighted by Crippen LogP contribution is 2.38. The number of piperidine rings is 1. The van der Waals surface area contributed by atoms with E-state index in [4.69, 9.17) is 15.0 Å². The molecule has 2 bridgehead atoms. The first-order chi connectivity index (χ1) is 14.2. The summed E-state index contributed by atoms with van der Waals surface area (Å²) in [6, 6.07) is -1.57. The number of carbonyl (C=O) groups is 2. The molecule has 3 saturated heterocycles. The van der Waals surface area contributed by atoms with Crippen molar-refractivity contribution in [3.63, 3.8) is 0 Å². The fourth-order valence-electron chi connectivity index (χ4n) is 4.42. The summed E-state index contributed by atoms with van der Waals surface area (Å²) in [5, 5.41) is 3.90. The van der Waals surface area contributed by atoms with Crippen molar-refractivity contribution in [1.82, 2.24) is 24.8 Å². The van der Waals surface area contributed by atoms with E-state index < -0.39 is 34.1 Å². The second-order valence-electron chi connectivity index (χ2n) is 7.84. The molecule has 0 saturated carbocycles. The molecule has 166 valence electrons. The first-order valence-corrected chi connectivity index (χ1v) is 11.0. The van der Waals surface area contributed by atoms with Crippen LogP contribution < -0.4 is 11.1 Å². The average Bonchev–Trinajstić information content (AvgIpc) is 3.39. The van der Waals surface area contributed by atoms with E-state index >= 15 is 0 Å². The number of hydroxylamine groups is 2. The summed E-state index contributed by atoms with van der Waals surface area (Å²) in [4.78, 5) is 30.1. The Morgan fingerprint density at radius 2 is 2.27 bits per heavy atom. The van der Waals surface area contributed by atoms with Crippen LogP contribution in [0.2, 0.25) is 0 Å². The summed E-state index contributed by atoms with van der Waals surface area (Å²) >= 11 is 0. The van der Waals surface area contributed by atoms with Crippen LogP contribution in [-0.4, -0.2) is 81.9 Å². The first-order valence-electron chi connectivity index (χ1n) is 9.59. The van der Waals surface area contributed by atoms with Gasteiger partial charge >= 0.3 is 16.4 Å². The lowest BCUT2D eigenvalue weighted by atomic mass is 9.96. The number of imidazole rings is 1. The number of rotatable bonds is 8. The van der Waals surface area contributed by atoms with Gasteiger partial charge in [-0.05, 0) is 18.8 Å². The maximum atomic E-state index is 12.6. The van der Waals surface area contributed by atoms with Gasteiger partial charge in [-0.3, -0.25) is 14.2 Å². The van der Waals surface area contributed by atoms with E-state index in [1.165, 1.54) is 0 Å². The van der Waals surface area contributed by atoms with Gasteiger partial charge in [-0.1, -0.05) is 0 Å². The number of hydrogen-bond donors (Lipinski definition) is 3. The molecule has 0 aliphatic carbocycles. The Bertz CT molecular complexity index is 909. The maximum absolute atomic E-state index is 12.6. The van der Waals surface area contributed by atoms with Gasteiger partial charge in [0, 0.05) is 44.5 Å². The van der Waals surface area contributed by atoms with Gasteiger partial charge in [-0.25, -0.2) is 9.78 Å². The van der Waals surface area contributed by atoms with Gasteiger partial charge in [0.2, 0.25) is 5.72 Å². The van der Waals surface area contributed by atoms with Crippen LogP contribution in [0.3, 0.4) is 0 Å². The number of nitrogens with one attached hydrogen (secondary N) is 1. The van der Waals surface area contributed by atoms with Crippen molar-refractivity contribution in [2.75, 3.05) is 19.7 Å². The number of aromatic nitrogens is 2. The van der Waals surface area contributed by atoms with Crippen molar-refractivity contribution >= 4 is 22.3 Å². The van der Waals surface area contributed by atoms with Crippen molar-refractivity contribution in [1.29, 1.82) is 0 Å². The van der Waals surface area contributed by atoms with Crippen LogP contribution in [0.15, 0.2) is 18.7 Å². The molecule has 4 N–H and O–H groups in total. The van der Waals surface area contributed by atoms with Gasteiger partial charge < -0.3 is 20.4 Å². The molecule has 3 amide bonds. The summed E-state index contributed by atoms with van der Waals surface area (Å²) in [7, 11) is -4.88. The lowest BCUT2D eigenvalue weighted by molar-refractivity contribution is -0.175. The minimum absolute atomic E-state index is 0.00135. The summed E-state index contributed by atoms with van der Waals surface area (Å²) in [6.07, 6.45) is 6.49. The molecule has 4 atom stereocenters. The minimum atomic E-state index is -4.88. The number of urea groups is 1.